The van der Waals surface area contributed by atoms with Gasteiger partial charge in [0.1, 0.15) is 21.3 Å². The lowest BCUT2D eigenvalue weighted by molar-refractivity contribution is -0.119. The van der Waals surface area contributed by atoms with Gasteiger partial charge in [0.25, 0.3) is 15.9 Å². The standard InChI is InChI=1S/C19H14BrFN2O6S2/c20-11-3-5-15(14(21)8-11)22-17(25)10-29-19(26)13-9-12(4-6-16(13)24)23-31(27,28)18-2-1-7-30-18/h1-9,23-24H,10H2,(H,22,25). The van der Waals surface area contributed by atoms with Gasteiger partial charge in [-0.2, -0.15) is 0 Å². The number of carbonyl (C=O) groups is 2. The maximum absolute atomic E-state index is 13.8. The average molecular weight is 529 g/mol. The summed E-state index contributed by atoms with van der Waals surface area (Å²) in [5.41, 5.74) is -0.439. The minimum Gasteiger partial charge on any atom is -0.507 e. The Morgan fingerprint density at radius 2 is 1.94 bits per heavy atom. The number of phenols is 1. The van der Waals surface area contributed by atoms with Gasteiger partial charge in [0.2, 0.25) is 0 Å². The zero-order valence-electron chi connectivity index (χ0n) is 15.5. The second-order valence-electron chi connectivity index (χ2n) is 6.02. The van der Waals surface area contributed by atoms with Crippen LogP contribution in [0.15, 0.2) is 62.6 Å². The molecule has 31 heavy (non-hydrogen) atoms. The molecule has 0 bridgehead atoms. The summed E-state index contributed by atoms with van der Waals surface area (Å²) in [6.07, 6.45) is 0. The molecule has 0 atom stereocenters. The number of sulfonamides is 1. The summed E-state index contributed by atoms with van der Waals surface area (Å²) >= 11 is 4.10. The van der Waals surface area contributed by atoms with Crippen LogP contribution in [-0.4, -0.2) is 32.0 Å². The van der Waals surface area contributed by atoms with Gasteiger partial charge in [-0.15, -0.1) is 11.3 Å². The normalized spacial score (nSPS) is 11.0. The number of nitrogens with one attached hydrogen (secondary N) is 2. The second-order valence-corrected chi connectivity index (χ2v) is 9.79. The predicted molar refractivity (Wildman–Crippen MR) is 116 cm³/mol. The number of benzene rings is 2. The van der Waals surface area contributed by atoms with Crippen LogP contribution in [-0.2, 0) is 19.6 Å². The Kier molecular flexibility index (Phi) is 6.93. The lowest BCUT2D eigenvalue weighted by Gasteiger charge is -2.11. The van der Waals surface area contributed by atoms with Crippen molar-refractivity contribution in [1.82, 2.24) is 0 Å². The topological polar surface area (TPSA) is 122 Å². The van der Waals surface area contributed by atoms with Crippen molar-refractivity contribution in [2.75, 3.05) is 16.6 Å². The molecule has 0 saturated heterocycles. The monoisotopic (exact) mass is 528 g/mol. The molecule has 2 aromatic carbocycles. The predicted octanol–water partition coefficient (Wildman–Crippen LogP) is 3.95. The quantitative estimate of drug-likeness (QED) is 0.315. The van der Waals surface area contributed by atoms with Gasteiger partial charge in [-0.25, -0.2) is 17.6 Å². The number of rotatable bonds is 7. The number of esters is 1. The SMILES string of the molecule is O=C(COC(=O)c1cc(NS(=O)(=O)c2cccs2)ccc1O)Nc1ccc(Br)cc1F. The number of thiophene rings is 1. The van der Waals surface area contributed by atoms with E-state index in [2.05, 4.69) is 26.0 Å². The Bertz CT molecular complexity index is 1230. The molecule has 0 spiro atoms. The maximum Gasteiger partial charge on any atom is 0.342 e. The van der Waals surface area contributed by atoms with E-state index in [0.717, 1.165) is 29.5 Å². The van der Waals surface area contributed by atoms with Crippen molar-refractivity contribution < 1.29 is 32.2 Å². The molecule has 0 aliphatic carbocycles. The Morgan fingerprint density at radius 1 is 1.16 bits per heavy atom. The molecule has 1 aromatic heterocycles. The van der Waals surface area contributed by atoms with Gasteiger partial charge in [-0.05, 0) is 47.8 Å². The van der Waals surface area contributed by atoms with Crippen molar-refractivity contribution in [1.29, 1.82) is 0 Å². The third-order valence-corrected chi connectivity index (χ3v) is 7.04. The molecule has 0 fully saturated rings. The summed E-state index contributed by atoms with van der Waals surface area (Å²) in [6.45, 7) is -0.751. The van der Waals surface area contributed by atoms with Gasteiger partial charge in [0, 0.05) is 10.2 Å². The van der Waals surface area contributed by atoms with Crippen LogP contribution in [0, 0.1) is 5.82 Å². The number of anilines is 2. The van der Waals surface area contributed by atoms with Crippen molar-refractivity contribution >= 4 is 60.5 Å². The fourth-order valence-corrected chi connectivity index (χ4v) is 4.75. The van der Waals surface area contributed by atoms with Gasteiger partial charge in [-0.3, -0.25) is 9.52 Å². The number of hydrogen-bond acceptors (Lipinski definition) is 7. The highest BCUT2D eigenvalue weighted by molar-refractivity contribution is 9.10. The van der Waals surface area contributed by atoms with Crippen LogP contribution in [0.4, 0.5) is 15.8 Å². The molecule has 0 aliphatic heterocycles. The lowest BCUT2D eigenvalue weighted by atomic mass is 10.2. The zero-order chi connectivity index (χ0) is 22.6. The van der Waals surface area contributed by atoms with Crippen LogP contribution >= 0.6 is 27.3 Å². The number of amides is 1. The molecule has 0 aliphatic rings. The van der Waals surface area contributed by atoms with Crippen molar-refractivity contribution in [3.05, 3.63) is 69.8 Å². The molecule has 1 heterocycles. The summed E-state index contributed by atoms with van der Waals surface area (Å²) < 4.78 is 46.1. The number of carbonyl (C=O) groups excluding carboxylic acids is 2. The first-order valence-electron chi connectivity index (χ1n) is 8.47. The number of aromatic hydroxyl groups is 1. The number of halogens is 2. The van der Waals surface area contributed by atoms with Gasteiger partial charge >= 0.3 is 5.97 Å². The fourth-order valence-electron chi connectivity index (χ4n) is 2.37. The highest BCUT2D eigenvalue weighted by Crippen LogP contribution is 2.26. The van der Waals surface area contributed by atoms with E-state index in [9.17, 15) is 27.5 Å². The Morgan fingerprint density at radius 3 is 2.61 bits per heavy atom. The zero-order valence-corrected chi connectivity index (χ0v) is 18.7. The number of ether oxygens (including phenoxy) is 1. The number of phenolic OH excluding ortho intramolecular Hbond substituents is 1. The van der Waals surface area contributed by atoms with E-state index in [1.165, 1.54) is 24.3 Å². The molecule has 0 unspecified atom stereocenters. The smallest absolute Gasteiger partial charge is 0.342 e. The highest BCUT2D eigenvalue weighted by Gasteiger charge is 2.19. The van der Waals surface area contributed by atoms with Crippen molar-refractivity contribution in [2.45, 2.75) is 4.21 Å². The fraction of sp³-hybridized carbons (Fsp3) is 0.0526. The van der Waals surface area contributed by atoms with E-state index < -0.39 is 40.1 Å². The maximum atomic E-state index is 13.8. The highest BCUT2D eigenvalue weighted by atomic mass is 79.9. The Balaban J connectivity index is 1.66. The molecule has 3 rings (SSSR count). The van der Waals surface area contributed by atoms with E-state index in [4.69, 9.17) is 4.74 Å². The third kappa shape index (κ3) is 5.81. The van der Waals surface area contributed by atoms with Crippen LogP contribution in [0.25, 0.3) is 0 Å². The third-order valence-electron chi connectivity index (χ3n) is 3.77. The van der Waals surface area contributed by atoms with E-state index >= 15 is 0 Å². The van der Waals surface area contributed by atoms with E-state index in [-0.39, 0.29) is 21.1 Å². The first-order chi connectivity index (χ1) is 14.7. The summed E-state index contributed by atoms with van der Waals surface area (Å²) in [6, 6.07) is 10.4. The summed E-state index contributed by atoms with van der Waals surface area (Å²) in [7, 11) is -3.86. The summed E-state index contributed by atoms with van der Waals surface area (Å²) in [5, 5.41) is 13.8. The van der Waals surface area contributed by atoms with Crippen LogP contribution in [0.5, 0.6) is 5.75 Å². The van der Waals surface area contributed by atoms with E-state index in [0.29, 0.717) is 4.47 Å². The molecule has 3 aromatic rings. The average Bonchev–Trinajstić information content (AvgIpc) is 3.25. The number of hydrogen-bond donors (Lipinski definition) is 3. The minimum atomic E-state index is -3.86. The van der Waals surface area contributed by atoms with Gasteiger partial charge < -0.3 is 15.2 Å². The first-order valence-corrected chi connectivity index (χ1v) is 11.6. The van der Waals surface area contributed by atoms with Crippen molar-refractivity contribution in [3.8, 4) is 5.75 Å². The molecular formula is C19H14BrFN2O6S2. The molecule has 12 heteroatoms. The van der Waals surface area contributed by atoms with E-state index in [1.807, 2.05) is 0 Å². The Hall–Kier alpha value is -2.96. The van der Waals surface area contributed by atoms with E-state index in [1.54, 1.807) is 11.4 Å². The van der Waals surface area contributed by atoms with Crippen LogP contribution in [0.1, 0.15) is 10.4 Å². The van der Waals surface area contributed by atoms with Crippen molar-refractivity contribution in [2.24, 2.45) is 0 Å². The Labute approximate surface area is 188 Å². The van der Waals surface area contributed by atoms with Gasteiger partial charge in [-0.1, -0.05) is 22.0 Å². The summed E-state index contributed by atoms with van der Waals surface area (Å²) in [4.78, 5) is 24.2. The summed E-state index contributed by atoms with van der Waals surface area (Å²) in [5.74, 6) is -3.02. The molecule has 8 nitrogen and oxygen atoms in total. The first kappa shape index (κ1) is 22.7. The van der Waals surface area contributed by atoms with Crippen LogP contribution in [0.2, 0.25) is 0 Å². The molecule has 3 N–H and O–H groups in total. The minimum absolute atomic E-state index is 0.0135. The lowest BCUT2D eigenvalue weighted by Crippen LogP contribution is -2.21. The van der Waals surface area contributed by atoms with Gasteiger partial charge in [0.05, 0.1) is 5.69 Å². The van der Waals surface area contributed by atoms with Crippen LogP contribution < -0.4 is 10.0 Å². The van der Waals surface area contributed by atoms with Crippen LogP contribution in [0.3, 0.4) is 0 Å². The molecule has 1 amide bonds. The second kappa shape index (κ2) is 9.45. The van der Waals surface area contributed by atoms with Gasteiger partial charge in [0.15, 0.2) is 6.61 Å². The molecule has 0 saturated carbocycles. The van der Waals surface area contributed by atoms with Crippen molar-refractivity contribution in [3.63, 3.8) is 0 Å². The molecule has 162 valence electrons. The molecular weight excluding hydrogens is 515 g/mol. The molecule has 0 radical (unpaired) electrons. The largest absolute Gasteiger partial charge is 0.507 e.